The van der Waals surface area contributed by atoms with E-state index in [4.69, 9.17) is 0 Å². The molecule has 1 aliphatic heterocycles. The Hall–Kier alpha value is 0.350. The van der Waals surface area contributed by atoms with Gasteiger partial charge in [-0.2, -0.15) is 11.8 Å². The third-order valence-corrected chi connectivity index (χ3v) is 7.46. The normalized spacial score (nSPS) is 25.8. The van der Waals surface area contributed by atoms with Crippen molar-refractivity contribution in [3.05, 3.63) is 0 Å². The quantitative estimate of drug-likeness (QED) is 0.411. The molecule has 1 fully saturated rings. The molecule has 0 amide bonds. The van der Waals surface area contributed by atoms with Crippen molar-refractivity contribution in [2.75, 3.05) is 5.75 Å². The van der Waals surface area contributed by atoms with Crippen molar-refractivity contribution in [3.63, 3.8) is 0 Å². The van der Waals surface area contributed by atoms with Crippen LogP contribution in [0.3, 0.4) is 0 Å². The van der Waals surface area contributed by atoms with Gasteiger partial charge in [0.25, 0.3) is 0 Å². The van der Waals surface area contributed by atoms with Crippen molar-refractivity contribution in [1.29, 1.82) is 0 Å². The summed E-state index contributed by atoms with van der Waals surface area (Å²) in [6.07, 6.45) is 27.9. The Morgan fingerprint density at radius 3 is 1.75 bits per heavy atom. The molecule has 1 rings (SSSR count). The zero-order valence-corrected chi connectivity index (χ0v) is 17.9. The third-order valence-electron chi connectivity index (χ3n) is 5.86. The van der Waals surface area contributed by atoms with Gasteiger partial charge in [-0.25, -0.2) is 0 Å². The molecule has 0 aliphatic carbocycles. The smallest absolute Gasteiger partial charge is 0.0131 e. The van der Waals surface area contributed by atoms with Gasteiger partial charge in [-0.15, -0.1) is 0 Å². The molecule has 0 radical (unpaired) electrons. The molecule has 1 aliphatic rings. The number of unbranched alkanes of at least 4 members (excludes halogenated alkanes) is 5. The van der Waals surface area contributed by atoms with Crippen LogP contribution in [-0.2, 0) is 0 Å². The van der Waals surface area contributed by atoms with Crippen LogP contribution >= 0.6 is 11.8 Å². The van der Waals surface area contributed by atoms with Crippen LogP contribution in [0.4, 0.5) is 0 Å². The summed E-state index contributed by atoms with van der Waals surface area (Å²) in [5, 5.41) is 0. The zero-order valence-electron chi connectivity index (χ0n) is 17.1. The highest BCUT2D eigenvalue weighted by molar-refractivity contribution is 8.00. The molecule has 0 saturated carbocycles. The first-order valence-electron chi connectivity index (χ1n) is 11.4. The maximum atomic E-state index is 2.59. The summed E-state index contributed by atoms with van der Waals surface area (Å²) in [4.78, 5) is 0. The molecule has 144 valence electrons. The van der Waals surface area contributed by atoms with Crippen LogP contribution in [0.2, 0.25) is 0 Å². The minimum atomic E-state index is 0.574. The predicted octanol–water partition coefficient (Wildman–Crippen LogP) is 8.92. The summed E-state index contributed by atoms with van der Waals surface area (Å²) in [6, 6.07) is 0. The fourth-order valence-electron chi connectivity index (χ4n) is 4.06. The molecule has 0 aromatic carbocycles. The summed E-state index contributed by atoms with van der Waals surface area (Å²) in [7, 11) is 0. The summed E-state index contributed by atoms with van der Waals surface area (Å²) in [5.41, 5.74) is 0. The van der Waals surface area contributed by atoms with Crippen LogP contribution in [0, 0.1) is 0 Å². The summed E-state index contributed by atoms with van der Waals surface area (Å²) in [5.74, 6) is 1.41. The Bertz CT molecular complexity index is 245. The second kappa shape index (κ2) is 15.6. The highest BCUT2D eigenvalue weighted by Gasteiger charge is 2.23. The molecule has 0 bridgehead atoms. The minimum absolute atomic E-state index is 0.574. The van der Waals surface area contributed by atoms with Gasteiger partial charge in [0.1, 0.15) is 0 Å². The van der Waals surface area contributed by atoms with Gasteiger partial charge < -0.3 is 0 Å². The summed E-state index contributed by atoms with van der Waals surface area (Å²) >= 11 is 2.32. The molecule has 1 unspecified atom stereocenters. The number of hydrogen-bond acceptors (Lipinski definition) is 1. The van der Waals surface area contributed by atoms with Gasteiger partial charge in [0.2, 0.25) is 0 Å². The van der Waals surface area contributed by atoms with Gasteiger partial charge in [-0.1, -0.05) is 117 Å². The number of thioether (sulfide) groups is 1. The Balaban J connectivity index is 2.29. The van der Waals surface area contributed by atoms with Crippen LogP contribution in [0.25, 0.3) is 0 Å². The van der Waals surface area contributed by atoms with Crippen LogP contribution in [0.5, 0.6) is 0 Å². The van der Waals surface area contributed by atoms with E-state index < -0.39 is 0 Å². The lowest BCUT2D eigenvalue weighted by Crippen LogP contribution is -2.21. The van der Waals surface area contributed by atoms with E-state index in [-0.39, 0.29) is 0 Å². The molecule has 1 heteroatoms. The minimum Gasteiger partial charge on any atom is -0.155 e. The average molecular weight is 355 g/mol. The van der Waals surface area contributed by atoms with E-state index >= 15 is 0 Å². The molecular weight excluding hydrogens is 308 g/mol. The van der Waals surface area contributed by atoms with E-state index in [0.717, 1.165) is 0 Å². The molecule has 0 nitrogen and oxygen atoms in total. The van der Waals surface area contributed by atoms with Gasteiger partial charge in [0.05, 0.1) is 0 Å². The van der Waals surface area contributed by atoms with Crippen molar-refractivity contribution in [3.8, 4) is 0 Å². The van der Waals surface area contributed by atoms with E-state index in [0.29, 0.717) is 4.75 Å². The Morgan fingerprint density at radius 2 is 1.12 bits per heavy atom. The largest absolute Gasteiger partial charge is 0.155 e. The highest BCUT2D eigenvalue weighted by Crippen LogP contribution is 2.37. The average Bonchev–Trinajstić information content (AvgIpc) is 2.58. The maximum Gasteiger partial charge on any atom is 0.0131 e. The van der Waals surface area contributed by atoms with Crippen LogP contribution in [-0.4, -0.2) is 10.5 Å². The first kappa shape index (κ1) is 22.4. The van der Waals surface area contributed by atoms with Gasteiger partial charge in [-0.05, 0) is 25.0 Å². The van der Waals surface area contributed by atoms with Gasteiger partial charge >= 0.3 is 0 Å². The SMILES string of the molecule is CCCCCCCCC1(C)CCCCCCCCCCCCCS1. The second-order valence-corrected chi connectivity index (χ2v) is 10.1. The lowest BCUT2D eigenvalue weighted by Gasteiger charge is -2.29. The first-order chi connectivity index (χ1) is 11.8. The molecule has 24 heavy (non-hydrogen) atoms. The number of hydrogen-bond donors (Lipinski definition) is 0. The fraction of sp³-hybridized carbons (Fsp3) is 1.00. The first-order valence-corrected chi connectivity index (χ1v) is 12.4. The lowest BCUT2D eigenvalue weighted by molar-refractivity contribution is 0.465. The van der Waals surface area contributed by atoms with Crippen LogP contribution in [0.15, 0.2) is 0 Å². The summed E-state index contributed by atoms with van der Waals surface area (Å²) in [6.45, 7) is 4.90. The molecule has 1 heterocycles. The Kier molecular flexibility index (Phi) is 14.5. The Morgan fingerprint density at radius 1 is 0.625 bits per heavy atom. The van der Waals surface area contributed by atoms with Crippen molar-refractivity contribution in [1.82, 2.24) is 0 Å². The van der Waals surface area contributed by atoms with E-state index in [1.165, 1.54) is 128 Å². The molecule has 1 saturated heterocycles. The standard InChI is InChI=1S/C23H46S/c1-3-4-5-6-14-17-20-23(2)21-18-15-12-10-8-7-9-11-13-16-19-22-24-23/h3-22H2,1-2H3. The van der Waals surface area contributed by atoms with E-state index in [1.54, 1.807) is 0 Å². The predicted molar refractivity (Wildman–Crippen MR) is 114 cm³/mol. The third kappa shape index (κ3) is 12.7. The molecule has 0 aromatic rings. The highest BCUT2D eigenvalue weighted by atomic mass is 32.2. The van der Waals surface area contributed by atoms with E-state index in [2.05, 4.69) is 25.6 Å². The Labute approximate surface area is 158 Å². The van der Waals surface area contributed by atoms with Gasteiger partial charge in [0.15, 0.2) is 0 Å². The van der Waals surface area contributed by atoms with Crippen LogP contribution in [0.1, 0.15) is 136 Å². The molecule has 1 atom stereocenters. The topological polar surface area (TPSA) is 0 Å². The van der Waals surface area contributed by atoms with E-state index in [9.17, 15) is 0 Å². The molecule has 0 spiro atoms. The maximum absolute atomic E-state index is 2.59. The van der Waals surface area contributed by atoms with Crippen molar-refractivity contribution < 1.29 is 0 Å². The van der Waals surface area contributed by atoms with Crippen molar-refractivity contribution >= 4 is 11.8 Å². The van der Waals surface area contributed by atoms with Gasteiger partial charge in [-0.3, -0.25) is 0 Å². The second-order valence-electron chi connectivity index (χ2n) is 8.46. The zero-order chi connectivity index (χ0) is 17.3. The molecule has 0 aromatic heterocycles. The fourth-order valence-corrected chi connectivity index (χ4v) is 5.48. The number of rotatable bonds is 7. The van der Waals surface area contributed by atoms with Gasteiger partial charge in [0, 0.05) is 4.75 Å². The van der Waals surface area contributed by atoms with Crippen molar-refractivity contribution in [2.45, 2.75) is 141 Å². The van der Waals surface area contributed by atoms with E-state index in [1.807, 2.05) is 0 Å². The van der Waals surface area contributed by atoms with Crippen LogP contribution < -0.4 is 0 Å². The summed E-state index contributed by atoms with van der Waals surface area (Å²) < 4.78 is 0.574. The molecule has 0 N–H and O–H groups in total. The molecular formula is C23H46S. The van der Waals surface area contributed by atoms with Crippen molar-refractivity contribution in [2.24, 2.45) is 0 Å². The lowest BCUT2D eigenvalue weighted by atomic mass is 9.94. The monoisotopic (exact) mass is 354 g/mol.